The molecule has 2 saturated heterocycles. The topological polar surface area (TPSA) is 37.4 Å². The summed E-state index contributed by atoms with van der Waals surface area (Å²) < 4.78 is 53.4. The van der Waals surface area contributed by atoms with Gasteiger partial charge in [-0.2, -0.15) is 4.31 Å². The van der Waals surface area contributed by atoms with Gasteiger partial charge < -0.3 is 0 Å². The maximum atomic E-state index is 13.8. The number of hydrogen-bond donors (Lipinski definition) is 0. The summed E-state index contributed by atoms with van der Waals surface area (Å²) in [5.74, 6) is -1.80. The molecular weight excluding hydrogens is 352 g/mol. The minimum Gasteiger partial charge on any atom is -0.207 e. The first-order chi connectivity index (χ1) is 9.39. The van der Waals surface area contributed by atoms with Crippen LogP contribution in [0.4, 0.5) is 8.78 Å². The van der Waals surface area contributed by atoms with Crippen LogP contribution in [0.3, 0.4) is 0 Å². The van der Waals surface area contributed by atoms with Crippen molar-refractivity contribution in [2.45, 2.75) is 47.5 Å². The van der Waals surface area contributed by atoms with Gasteiger partial charge in [0.2, 0.25) is 10.0 Å². The first kappa shape index (κ1) is 14.4. The quantitative estimate of drug-likeness (QED) is 0.755. The maximum absolute atomic E-state index is 13.8. The Hall–Kier alpha value is -0.530. The lowest BCUT2D eigenvalue weighted by atomic mass is 10.1. The Morgan fingerprint density at radius 2 is 1.75 bits per heavy atom. The van der Waals surface area contributed by atoms with E-state index in [1.807, 2.05) is 0 Å². The van der Waals surface area contributed by atoms with E-state index in [-0.39, 0.29) is 12.1 Å². The summed E-state index contributed by atoms with van der Waals surface area (Å²) in [5, 5.41) is 0. The van der Waals surface area contributed by atoms with Gasteiger partial charge in [0.05, 0.1) is 0 Å². The first-order valence-electron chi connectivity index (χ1n) is 6.52. The van der Waals surface area contributed by atoms with E-state index < -0.39 is 26.6 Å². The number of alkyl halides is 1. The van der Waals surface area contributed by atoms with Gasteiger partial charge >= 0.3 is 0 Å². The van der Waals surface area contributed by atoms with Crippen molar-refractivity contribution in [2.75, 3.05) is 0 Å². The average Bonchev–Trinajstić information content (AvgIpc) is 2.62. The van der Waals surface area contributed by atoms with Crippen LogP contribution < -0.4 is 0 Å². The molecule has 1 aromatic carbocycles. The Labute approximate surface area is 125 Å². The molecule has 110 valence electrons. The highest BCUT2D eigenvalue weighted by molar-refractivity contribution is 9.09. The highest BCUT2D eigenvalue weighted by Crippen LogP contribution is 2.42. The SMILES string of the molecule is O=S(=O)(c1ccc(F)cc1F)N1C2CCC1CC(Br)C2. The van der Waals surface area contributed by atoms with Crippen LogP contribution in [0.5, 0.6) is 0 Å². The van der Waals surface area contributed by atoms with Gasteiger partial charge in [-0.3, -0.25) is 0 Å². The second-order valence-corrected chi connectivity index (χ2v) is 8.47. The summed E-state index contributed by atoms with van der Waals surface area (Å²) in [6, 6.07) is 2.43. The molecule has 3 nitrogen and oxygen atoms in total. The molecule has 2 heterocycles. The van der Waals surface area contributed by atoms with Crippen LogP contribution >= 0.6 is 15.9 Å². The van der Waals surface area contributed by atoms with Gasteiger partial charge in [0.15, 0.2) is 0 Å². The van der Waals surface area contributed by atoms with Gasteiger partial charge in [-0.05, 0) is 37.8 Å². The fourth-order valence-corrected chi connectivity index (χ4v) is 6.06. The molecule has 0 aromatic heterocycles. The molecule has 2 aliphatic rings. The van der Waals surface area contributed by atoms with Crippen molar-refractivity contribution in [3.05, 3.63) is 29.8 Å². The van der Waals surface area contributed by atoms with Gasteiger partial charge in [-0.25, -0.2) is 17.2 Å². The summed E-state index contributed by atoms with van der Waals surface area (Å²) in [4.78, 5) is -0.117. The second kappa shape index (κ2) is 5.03. The van der Waals surface area contributed by atoms with Crippen LogP contribution in [-0.4, -0.2) is 29.6 Å². The number of nitrogens with zero attached hydrogens (tertiary/aromatic N) is 1. The molecule has 0 radical (unpaired) electrons. The summed E-state index contributed by atoms with van der Waals surface area (Å²) in [5.41, 5.74) is 0. The molecule has 2 unspecified atom stereocenters. The Kier molecular flexibility index (Phi) is 3.63. The van der Waals surface area contributed by atoms with Crippen LogP contribution in [-0.2, 0) is 10.0 Å². The van der Waals surface area contributed by atoms with Crippen LogP contribution in [0.15, 0.2) is 23.1 Å². The number of fused-ring (bicyclic) bond motifs is 2. The zero-order valence-electron chi connectivity index (χ0n) is 10.6. The highest BCUT2D eigenvalue weighted by Gasteiger charge is 2.47. The molecule has 2 bridgehead atoms. The second-order valence-electron chi connectivity index (χ2n) is 5.36. The lowest BCUT2D eigenvalue weighted by molar-refractivity contribution is 0.254. The molecule has 2 aliphatic heterocycles. The van der Waals surface area contributed by atoms with Gasteiger partial charge in [0.1, 0.15) is 16.5 Å². The number of halogens is 3. The number of rotatable bonds is 2. The van der Waals surface area contributed by atoms with Crippen LogP contribution in [0.2, 0.25) is 0 Å². The summed E-state index contributed by atoms with van der Waals surface area (Å²) in [6.45, 7) is 0. The Morgan fingerprint density at radius 3 is 2.30 bits per heavy atom. The molecule has 7 heteroatoms. The number of hydrogen-bond acceptors (Lipinski definition) is 2. The minimum absolute atomic E-state index is 0.0902. The predicted octanol–water partition coefficient (Wildman–Crippen LogP) is 3.04. The van der Waals surface area contributed by atoms with Crippen molar-refractivity contribution < 1.29 is 17.2 Å². The van der Waals surface area contributed by atoms with Gasteiger partial charge in [-0.15, -0.1) is 0 Å². The molecule has 2 fully saturated rings. The van der Waals surface area contributed by atoms with E-state index in [2.05, 4.69) is 15.9 Å². The molecule has 0 saturated carbocycles. The average molecular weight is 366 g/mol. The van der Waals surface area contributed by atoms with E-state index in [1.54, 1.807) is 0 Å². The lowest BCUT2D eigenvalue weighted by Crippen LogP contribution is -2.46. The Morgan fingerprint density at radius 1 is 1.15 bits per heavy atom. The normalized spacial score (nSPS) is 30.6. The molecule has 0 N–H and O–H groups in total. The third-order valence-electron chi connectivity index (χ3n) is 4.06. The number of benzene rings is 1. The number of piperidine rings is 1. The molecule has 2 atom stereocenters. The fraction of sp³-hybridized carbons (Fsp3) is 0.538. The van der Waals surface area contributed by atoms with E-state index >= 15 is 0 Å². The summed E-state index contributed by atoms with van der Waals surface area (Å²) in [6.07, 6.45) is 3.07. The lowest BCUT2D eigenvalue weighted by Gasteiger charge is -2.36. The standard InChI is InChI=1S/C13H14BrF2NO2S/c14-8-5-10-2-3-11(6-8)17(10)20(18,19)13-4-1-9(15)7-12(13)16/h1,4,7-8,10-11H,2-3,5-6H2. The zero-order chi connectivity index (χ0) is 14.5. The fourth-order valence-electron chi connectivity index (χ4n) is 3.26. The molecule has 0 aliphatic carbocycles. The van der Waals surface area contributed by atoms with Crippen LogP contribution in [0.1, 0.15) is 25.7 Å². The largest absolute Gasteiger partial charge is 0.246 e. The molecule has 1 aromatic rings. The van der Waals surface area contributed by atoms with E-state index in [1.165, 1.54) is 4.31 Å². The van der Waals surface area contributed by atoms with Crippen molar-refractivity contribution in [2.24, 2.45) is 0 Å². The predicted molar refractivity (Wildman–Crippen MR) is 74.1 cm³/mol. The van der Waals surface area contributed by atoms with Crippen molar-refractivity contribution in [3.63, 3.8) is 0 Å². The van der Waals surface area contributed by atoms with Crippen LogP contribution in [0, 0.1) is 11.6 Å². The molecule has 3 rings (SSSR count). The minimum atomic E-state index is -3.90. The third-order valence-corrected chi connectivity index (χ3v) is 6.84. The summed E-state index contributed by atoms with van der Waals surface area (Å²) in [7, 11) is -3.90. The number of sulfonamides is 1. The zero-order valence-corrected chi connectivity index (χ0v) is 13.0. The van der Waals surface area contributed by atoms with E-state index in [4.69, 9.17) is 0 Å². The van der Waals surface area contributed by atoms with Gasteiger partial charge in [0.25, 0.3) is 0 Å². The van der Waals surface area contributed by atoms with E-state index in [9.17, 15) is 17.2 Å². The molecular formula is C13H14BrF2NO2S. The highest BCUT2D eigenvalue weighted by atomic mass is 79.9. The molecule has 0 spiro atoms. The smallest absolute Gasteiger partial charge is 0.207 e. The van der Waals surface area contributed by atoms with Crippen molar-refractivity contribution in [1.82, 2.24) is 4.31 Å². The van der Waals surface area contributed by atoms with Crippen molar-refractivity contribution >= 4 is 26.0 Å². The van der Waals surface area contributed by atoms with Crippen LogP contribution in [0.25, 0.3) is 0 Å². The Bertz CT molecular complexity index is 623. The molecule has 0 amide bonds. The van der Waals surface area contributed by atoms with E-state index in [0.717, 1.165) is 37.8 Å². The Balaban J connectivity index is 2.01. The first-order valence-corrected chi connectivity index (χ1v) is 8.88. The maximum Gasteiger partial charge on any atom is 0.246 e. The van der Waals surface area contributed by atoms with Gasteiger partial charge in [-0.1, -0.05) is 15.9 Å². The van der Waals surface area contributed by atoms with Crippen molar-refractivity contribution in [3.8, 4) is 0 Å². The van der Waals surface area contributed by atoms with Gasteiger partial charge in [0, 0.05) is 23.0 Å². The molecule has 20 heavy (non-hydrogen) atoms. The monoisotopic (exact) mass is 365 g/mol. The third kappa shape index (κ3) is 2.29. The van der Waals surface area contributed by atoms with Crippen molar-refractivity contribution in [1.29, 1.82) is 0 Å². The van der Waals surface area contributed by atoms with E-state index in [0.29, 0.717) is 10.9 Å². The summed E-state index contributed by atoms with van der Waals surface area (Å²) >= 11 is 3.54.